The molecule has 1 N–H and O–H groups in total. The van der Waals surface area contributed by atoms with Gasteiger partial charge in [0, 0.05) is 6.54 Å². The van der Waals surface area contributed by atoms with E-state index in [4.69, 9.17) is 4.74 Å². The molecule has 1 amide bonds. The van der Waals surface area contributed by atoms with Crippen LogP contribution in [-0.4, -0.2) is 19.6 Å². The summed E-state index contributed by atoms with van der Waals surface area (Å²) in [5, 5.41) is 3.01. The van der Waals surface area contributed by atoms with Gasteiger partial charge < -0.3 is 10.1 Å². The third-order valence-corrected chi connectivity index (χ3v) is 3.58. The van der Waals surface area contributed by atoms with Crippen LogP contribution in [0.15, 0.2) is 18.2 Å². The van der Waals surface area contributed by atoms with Crippen LogP contribution in [0, 0.1) is 12.8 Å². The number of benzene rings is 1. The largest absolute Gasteiger partial charge is 0.496 e. The second-order valence-electron chi connectivity index (χ2n) is 4.97. The van der Waals surface area contributed by atoms with Crippen molar-refractivity contribution in [3.05, 3.63) is 29.3 Å². The minimum Gasteiger partial charge on any atom is -0.496 e. The number of aryl methyl sites for hydroxylation is 1. The molecule has 1 rings (SSSR count). The molecule has 0 saturated heterocycles. The number of ether oxygens (including phenoxy) is 1. The molecule has 1 aromatic rings. The van der Waals surface area contributed by atoms with Crippen molar-refractivity contribution in [2.75, 3.05) is 13.7 Å². The van der Waals surface area contributed by atoms with Crippen molar-refractivity contribution < 1.29 is 9.53 Å². The predicted octanol–water partition coefficient (Wildman–Crippen LogP) is 3.10. The average Bonchev–Trinajstić information content (AvgIpc) is 2.42. The second-order valence-corrected chi connectivity index (χ2v) is 4.97. The lowest BCUT2D eigenvalue weighted by Gasteiger charge is -2.13. The van der Waals surface area contributed by atoms with Crippen LogP contribution in [0.25, 0.3) is 0 Å². The Bertz CT molecular complexity index is 411. The van der Waals surface area contributed by atoms with Crippen LogP contribution in [0.3, 0.4) is 0 Å². The van der Waals surface area contributed by atoms with Crippen LogP contribution in [0.2, 0.25) is 0 Å². The summed E-state index contributed by atoms with van der Waals surface area (Å²) in [6.45, 7) is 7.08. The topological polar surface area (TPSA) is 38.3 Å². The zero-order valence-electron chi connectivity index (χ0n) is 12.5. The molecule has 0 spiro atoms. The summed E-state index contributed by atoms with van der Waals surface area (Å²) in [6, 6.07) is 5.91. The van der Waals surface area contributed by atoms with Gasteiger partial charge in [0.1, 0.15) is 5.75 Å². The van der Waals surface area contributed by atoms with Gasteiger partial charge in [-0.15, -0.1) is 0 Å². The van der Waals surface area contributed by atoms with Crippen LogP contribution in [0.5, 0.6) is 5.75 Å². The van der Waals surface area contributed by atoms with E-state index in [9.17, 15) is 4.79 Å². The molecule has 106 valence electrons. The van der Waals surface area contributed by atoms with E-state index >= 15 is 0 Å². The molecule has 3 heteroatoms. The summed E-state index contributed by atoms with van der Waals surface area (Å²) in [5.41, 5.74) is 2.08. The molecule has 0 aromatic heterocycles. The van der Waals surface area contributed by atoms with E-state index in [1.54, 1.807) is 7.11 Å². The summed E-state index contributed by atoms with van der Waals surface area (Å²) >= 11 is 0. The quantitative estimate of drug-likeness (QED) is 0.821. The number of hydrogen-bond donors (Lipinski definition) is 1. The lowest BCUT2D eigenvalue weighted by Crippen LogP contribution is -2.30. The van der Waals surface area contributed by atoms with Gasteiger partial charge in [0.05, 0.1) is 13.5 Å². The Kier molecular flexibility index (Phi) is 6.40. The Morgan fingerprint density at radius 3 is 2.58 bits per heavy atom. The minimum absolute atomic E-state index is 0.0813. The van der Waals surface area contributed by atoms with Crippen LogP contribution in [0.4, 0.5) is 0 Å². The van der Waals surface area contributed by atoms with Crippen molar-refractivity contribution in [1.29, 1.82) is 0 Å². The van der Waals surface area contributed by atoms with Gasteiger partial charge in [-0.3, -0.25) is 4.79 Å². The lowest BCUT2D eigenvalue weighted by atomic mass is 10.0. The molecule has 0 aliphatic rings. The molecule has 19 heavy (non-hydrogen) atoms. The number of rotatable bonds is 7. The zero-order chi connectivity index (χ0) is 14.3. The number of methoxy groups -OCH3 is 1. The van der Waals surface area contributed by atoms with Gasteiger partial charge in [-0.05, 0) is 30.0 Å². The van der Waals surface area contributed by atoms with Crippen molar-refractivity contribution in [3.8, 4) is 5.75 Å². The Morgan fingerprint density at radius 1 is 1.32 bits per heavy atom. The van der Waals surface area contributed by atoms with Gasteiger partial charge in [0.2, 0.25) is 5.91 Å². The molecule has 0 atom stereocenters. The van der Waals surface area contributed by atoms with E-state index in [1.165, 1.54) is 0 Å². The third kappa shape index (κ3) is 4.93. The van der Waals surface area contributed by atoms with Gasteiger partial charge in [-0.2, -0.15) is 0 Å². The van der Waals surface area contributed by atoms with Gasteiger partial charge in [0.15, 0.2) is 0 Å². The summed E-state index contributed by atoms with van der Waals surface area (Å²) in [4.78, 5) is 11.9. The van der Waals surface area contributed by atoms with E-state index in [0.29, 0.717) is 12.3 Å². The van der Waals surface area contributed by atoms with E-state index in [0.717, 1.165) is 36.3 Å². The molecule has 1 aromatic carbocycles. The smallest absolute Gasteiger partial charge is 0.224 e. The van der Waals surface area contributed by atoms with Crippen LogP contribution in [-0.2, 0) is 11.2 Å². The standard InChI is InChI=1S/C16H25NO2/c1-5-13(6-2)11-17-16(18)10-14-8-7-12(3)15(9-14)19-4/h7-9,13H,5-6,10-11H2,1-4H3,(H,17,18). The Hall–Kier alpha value is -1.51. The van der Waals surface area contributed by atoms with E-state index < -0.39 is 0 Å². The Labute approximate surface area is 116 Å². The predicted molar refractivity (Wildman–Crippen MR) is 78.5 cm³/mol. The Balaban J connectivity index is 2.52. The molecule has 0 unspecified atom stereocenters. The summed E-state index contributed by atoms with van der Waals surface area (Å²) < 4.78 is 5.27. The van der Waals surface area contributed by atoms with Crippen molar-refractivity contribution in [1.82, 2.24) is 5.32 Å². The van der Waals surface area contributed by atoms with Crippen molar-refractivity contribution in [2.24, 2.45) is 5.92 Å². The molecule has 0 bridgehead atoms. The third-order valence-electron chi connectivity index (χ3n) is 3.58. The monoisotopic (exact) mass is 263 g/mol. The first-order valence-corrected chi connectivity index (χ1v) is 7.00. The summed E-state index contributed by atoms with van der Waals surface area (Å²) in [6.07, 6.45) is 2.63. The number of amides is 1. The molecule has 0 aliphatic heterocycles. The summed E-state index contributed by atoms with van der Waals surface area (Å²) in [5.74, 6) is 1.50. The maximum absolute atomic E-state index is 11.9. The fraction of sp³-hybridized carbons (Fsp3) is 0.562. The van der Waals surface area contributed by atoms with Gasteiger partial charge in [-0.25, -0.2) is 0 Å². The van der Waals surface area contributed by atoms with Gasteiger partial charge in [0.25, 0.3) is 0 Å². The van der Waals surface area contributed by atoms with Crippen LogP contribution < -0.4 is 10.1 Å². The first kappa shape index (κ1) is 15.5. The molecular formula is C16H25NO2. The van der Waals surface area contributed by atoms with E-state index in [2.05, 4.69) is 19.2 Å². The normalized spacial score (nSPS) is 10.6. The second kappa shape index (κ2) is 7.82. The Morgan fingerprint density at radius 2 is 2.00 bits per heavy atom. The highest BCUT2D eigenvalue weighted by Crippen LogP contribution is 2.19. The highest BCUT2D eigenvalue weighted by molar-refractivity contribution is 5.78. The van der Waals surface area contributed by atoms with Crippen LogP contribution >= 0.6 is 0 Å². The van der Waals surface area contributed by atoms with Gasteiger partial charge in [-0.1, -0.05) is 38.8 Å². The van der Waals surface area contributed by atoms with E-state index in [-0.39, 0.29) is 5.91 Å². The highest BCUT2D eigenvalue weighted by Gasteiger charge is 2.08. The maximum atomic E-state index is 11.9. The summed E-state index contributed by atoms with van der Waals surface area (Å²) in [7, 11) is 1.65. The maximum Gasteiger partial charge on any atom is 0.224 e. The number of carbonyl (C=O) groups is 1. The van der Waals surface area contributed by atoms with Crippen LogP contribution in [0.1, 0.15) is 37.8 Å². The molecule has 3 nitrogen and oxygen atoms in total. The minimum atomic E-state index is 0.0813. The van der Waals surface area contributed by atoms with Crippen molar-refractivity contribution >= 4 is 5.91 Å². The molecule has 0 heterocycles. The van der Waals surface area contributed by atoms with E-state index in [1.807, 2.05) is 25.1 Å². The fourth-order valence-electron chi connectivity index (χ4n) is 2.06. The first-order chi connectivity index (χ1) is 9.10. The highest BCUT2D eigenvalue weighted by atomic mass is 16.5. The number of nitrogens with one attached hydrogen (secondary N) is 1. The molecule has 0 saturated carbocycles. The fourth-order valence-corrected chi connectivity index (χ4v) is 2.06. The molecule has 0 fully saturated rings. The lowest BCUT2D eigenvalue weighted by molar-refractivity contribution is -0.120. The number of hydrogen-bond acceptors (Lipinski definition) is 2. The number of carbonyl (C=O) groups excluding carboxylic acids is 1. The van der Waals surface area contributed by atoms with Gasteiger partial charge >= 0.3 is 0 Å². The zero-order valence-corrected chi connectivity index (χ0v) is 12.5. The average molecular weight is 263 g/mol. The van der Waals surface area contributed by atoms with Crippen molar-refractivity contribution in [3.63, 3.8) is 0 Å². The molecule has 0 radical (unpaired) electrons. The molecule has 0 aliphatic carbocycles. The molecular weight excluding hydrogens is 238 g/mol. The van der Waals surface area contributed by atoms with Crippen molar-refractivity contribution in [2.45, 2.75) is 40.0 Å². The first-order valence-electron chi connectivity index (χ1n) is 7.00. The SMILES string of the molecule is CCC(CC)CNC(=O)Cc1ccc(C)c(OC)c1.